The molecule has 0 aromatic heterocycles. The van der Waals surface area contributed by atoms with Crippen LogP contribution in [0.25, 0.3) is 0 Å². The molecule has 6 heteroatoms. The highest BCUT2D eigenvalue weighted by Crippen LogP contribution is 2.17. The number of rotatable bonds is 5. The molecule has 0 N–H and O–H groups in total. The normalized spacial score (nSPS) is 20.9. The summed E-state index contributed by atoms with van der Waals surface area (Å²) >= 11 is 0. The Morgan fingerprint density at radius 3 is 2.54 bits per heavy atom. The third-order valence-electron chi connectivity index (χ3n) is 5.21. The van der Waals surface area contributed by atoms with Crippen LogP contribution in [-0.2, 0) is 20.7 Å². The predicted molar refractivity (Wildman–Crippen MR) is 96.0 cm³/mol. The van der Waals surface area contributed by atoms with Crippen molar-refractivity contribution >= 4 is 11.8 Å². The zero-order chi connectivity index (χ0) is 18.4. The molecule has 142 valence electrons. The smallest absolute Gasteiger partial charge is 0.228 e. The lowest BCUT2D eigenvalue weighted by atomic mass is 10.1. The lowest BCUT2D eigenvalue weighted by molar-refractivity contribution is -0.136. The molecule has 1 aromatic carbocycles. The molecule has 0 radical (unpaired) electrons. The second-order valence-corrected chi connectivity index (χ2v) is 7.10. The molecule has 0 aliphatic carbocycles. The van der Waals surface area contributed by atoms with E-state index >= 15 is 0 Å². The number of carbonyl (C=O) groups is 2. The van der Waals surface area contributed by atoms with Gasteiger partial charge in [0.15, 0.2) is 0 Å². The molecule has 3 rings (SSSR count). The fraction of sp³-hybridized carbons (Fsp3) is 0.600. The molecule has 2 aliphatic heterocycles. The second kappa shape index (κ2) is 9.12. The number of hydrogen-bond acceptors (Lipinski definition) is 3. The summed E-state index contributed by atoms with van der Waals surface area (Å²) in [5, 5.41) is 0. The molecule has 0 saturated carbocycles. The van der Waals surface area contributed by atoms with Crippen molar-refractivity contribution in [3.8, 4) is 0 Å². The minimum absolute atomic E-state index is 0.00652. The largest absolute Gasteiger partial charge is 0.381 e. The third-order valence-corrected chi connectivity index (χ3v) is 5.21. The molecule has 26 heavy (non-hydrogen) atoms. The van der Waals surface area contributed by atoms with E-state index in [4.69, 9.17) is 4.74 Å². The maximum atomic E-state index is 12.9. The van der Waals surface area contributed by atoms with Crippen molar-refractivity contribution in [2.24, 2.45) is 5.92 Å². The highest BCUT2D eigenvalue weighted by Gasteiger charge is 2.29. The number of nitrogens with zero attached hydrogens (tertiary/aromatic N) is 2. The Morgan fingerprint density at radius 2 is 1.81 bits per heavy atom. The van der Waals surface area contributed by atoms with Crippen molar-refractivity contribution in [3.05, 3.63) is 35.6 Å². The van der Waals surface area contributed by atoms with Gasteiger partial charge in [-0.1, -0.05) is 12.1 Å². The average Bonchev–Trinajstić information content (AvgIpc) is 3.07. The zero-order valence-corrected chi connectivity index (χ0v) is 15.2. The highest BCUT2D eigenvalue weighted by molar-refractivity contribution is 5.80. The molecule has 2 fully saturated rings. The number of amides is 2. The van der Waals surface area contributed by atoms with Crippen LogP contribution in [0.3, 0.4) is 0 Å². The summed E-state index contributed by atoms with van der Waals surface area (Å²) < 4.78 is 18.2. The summed E-state index contributed by atoms with van der Waals surface area (Å²) in [6, 6.07) is 6.43. The van der Waals surface area contributed by atoms with Crippen molar-refractivity contribution in [1.29, 1.82) is 0 Å². The molecular weight excluding hydrogens is 335 g/mol. The highest BCUT2D eigenvalue weighted by atomic mass is 19.1. The number of benzene rings is 1. The van der Waals surface area contributed by atoms with E-state index in [1.165, 1.54) is 12.1 Å². The van der Waals surface area contributed by atoms with Gasteiger partial charge in [-0.25, -0.2) is 4.39 Å². The Balaban J connectivity index is 1.42. The predicted octanol–water partition coefficient (Wildman–Crippen LogP) is 2.25. The Labute approximate surface area is 154 Å². The first-order chi connectivity index (χ1) is 12.6. The molecule has 1 unspecified atom stereocenters. The summed E-state index contributed by atoms with van der Waals surface area (Å²) in [5.74, 6) is 0.0735. The monoisotopic (exact) mass is 362 g/mol. The minimum atomic E-state index is -0.238. The first-order valence-corrected chi connectivity index (χ1v) is 9.52. The number of halogens is 1. The summed E-state index contributed by atoms with van der Waals surface area (Å²) in [6.45, 7) is 3.84. The van der Waals surface area contributed by atoms with E-state index in [9.17, 15) is 14.0 Å². The van der Waals surface area contributed by atoms with Crippen LogP contribution < -0.4 is 0 Å². The van der Waals surface area contributed by atoms with Gasteiger partial charge in [0, 0.05) is 39.2 Å². The molecule has 1 atom stereocenters. The van der Waals surface area contributed by atoms with Gasteiger partial charge in [-0.3, -0.25) is 9.59 Å². The van der Waals surface area contributed by atoms with E-state index in [0.717, 1.165) is 31.2 Å². The van der Waals surface area contributed by atoms with E-state index in [0.29, 0.717) is 45.8 Å². The van der Waals surface area contributed by atoms with Crippen LogP contribution in [-0.4, -0.2) is 61.0 Å². The maximum absolute atomic E-state index is 12.9. The van der Waals surface area contributed by atoms with Crippen LogP contribution in [0.2, 0.25) is 0 Å². The minimum Gasteiger partial charge on any atom is -0.381 e. The summed E-state index contributed by atoms with van der Waals surface area (Å²) in [6.07, 6.45) is 3.64. The van der Waals surface area contributed by atoms with Gasteiger partial charge < -0.3 is 14.5 Å². The maximum Gasteiger partial charge on any atom is 0.228 e. The standard InChI is InChI=1S/C20H27FN2O3/c21-18-7-5-16(6-8-18)3-1-4-19(24)22-10-2-11-23(13-12-22)20(25)17-9-14-26-15-17/h5-8,17H,1-4,9-15H2. The first kappa shape index (κ1) is 18.8. The Hall–Kier alpha value is -1.95. The Bertz CT molecular complexity index is 614. The van der Waals surface area contributed by atoms with E-state index in [1.54, 1.807) is 12.1 Å². The quantitative estimate of drug-likeness (QED) is 0.807. The van der Waals surface area contributed by atoms with Crippen LogP contribution in [0.5, 0.6) is 0 Å². The number of ether oxygens (including phenoxy) is 1. The topological polar surface area (TPSA) is 49.9 Å². The number of hydrogen-bond donors (Lipinski definition) is 0. The molecule has 2 amide bonds. The first-order valence-electron chi connectivity index (χ1n) is 9.52. The van der Waals surface area contributed by atoms with Gasteiger partial charge in [-0.15, -0.1) is 0 Å². The molecule has 2 saturated heterocycles. The number of carbonyl (C=O) groups excluding carboxylic acids is 2. The summed E-state index contributed by atoms with van der Waals surface area (Å²) in [4.78, 5) is 28.7. The fourth-order valence-corrected chi connectivity index (χ4v) is 3.63. The van der Waals surface area contributed by atoms with Gasteiger partial charge in [0.1, 0.15) is 5.82 Å². The lowest BCUT2D eigenvalue weighted by Crippen LogP contribution is -2.40. The van der Waals surface area contributed by atoms with Crippen LogP contribution >= 0.6 is 0 Å². The van der Waals surface area contributed by atoms with Gasteiger partial charge in [0.25, 0.3) is 0 Å². The van der Waals surface area contributed by atoms with E-state index in [1.807, 2.05) is 9.80 Å². The van der Waals surface area contributed by atoms with Gasteiger partial charge >= 0.3 is 0 Å². The van der Waals surface area contributed by atoms with Crippen molar-refractivity contribution in [2.45, 2.75) is 32.1 Å². The molecule has 1 aromatic rings. The Morgan fingerprint density at radius 1 is 1.08 bits per heavy atom. The van der Waals surface area contributed by atoms with E-state index < -0.39 is 0 Å². The average molecular weight is 362 g/mol. The van der Waals surface area contributed by atoms with Crippen molar-refractivity contribution in [2.75, 3.05) is 39.4 Å². The van der Waals surface area contributed by atoms with E-state index in [-0.39, 0.29) is 23.5 Å². The second-order valence-electron chi connectivity index (χ2n) is 7.10. The third kappa shape index (κ3) is 5.04. The van der Waals surface area contributed by atoms with Crippen LogP contribution in [0.15, 0.2) is 24.3 Å². The van der Waals surface area contributed by atoms with Gasteiger partial charge in [0.05, 0.1) is 12.5 Å². The van der Waals surface area contributed by atoms with Crippen molar-refractivity contribution in [1.82, 2.24) is 9.80 Å². The van der Waals surface area contributed by atoms with Gasteiger partial charge in [0.2, 0.25) is 11.8 Å². The lowest BCUT2D eigenvalue weighted by Gasteiger charge is -2.24. The van der Waals surface area contributed by atoms with E-state index in [2.05, 4.69) is 0 Å². The van der Waals surface area contributed by atoms with Gasteiger partial charge in [-0.2, -0.15) is 0 Å². The molecule has 2 heterocycles. The summed E-state index contributed by atoms with van der Waals surface area (Å²) in [7, 11) is 0. The van der Waals surface area contributed by atoms with Crippen molar-refractivity contribution < 1.29 is 18.7 Å². The van der Waals surface area contributed by atoms with Crippen LogP contribution in [0.1, 0.15) is 31.2 Å². The summed E-state index contributed by atoms with van der Waals surface area (Å²) in [5.41, 5.74) is 1.05. The molecule has 0 spiro atoms. The van der Waals surface area contributed by atoms with Crippen molar-refractivity contribution in [3.63, 3.8) is 0 Å². The zero-order valence-electron chi connectivity index (χ0n) is 15.2. The molecule has 5 nitrogen and oxygen atoms in total. The van der Waals surface area contributed by atoms with Gasteiger partial charge in [-0.05, 0) is 43.4 Å². The Kier molecular flexibility index (Phi) is 6.61. The molecular formula is C20H27FN2O3. The molecule has 0 bridgehead atoms. The van der Waals surface area contributed by atoms with Crippen LogP contribution in [0, 0.1) is 11.7 Å². The van der Waals surface area contributed by atoms with Crippen LogP contribution in [0.4, 0.5) is 4.39 Å². The SMILES string of the molecule is O=C(CCCc1ccc(F)cc1)N1CCCN(C(=O)C2CCOC2)CC1. The fourth-order valence-electron chi connectivity index (χ4n) is 3.63. The molecule has 2 aliphatic rings. The number of aryl methyl sites for hydroxylation is 1.